The number of anilines is 2. The van der Waals surface area contributed by atoms with Crippen molar-refractivity contribution >= 4 is 22.1 Å². The molecule has 100 valence electrons. The molecule has 3 nitrogen and oxygen atoms in total. The first-order valence-electron chi connectivity index (χ1n) is 7.20. The number of fused-ring (bicyclic) bond motifs is 1. The number of aromatic nitrogens is 1. The molecule has 1 aliphatic rings. The molecule has 2 aromatic rings. The Morgan fingerprint density at radius 1 is 1.26 bits per heavy atom. The van der Waals surface area contributed by atoms with Gasteiger partial charge in [-0.3, -0.25) is 4.98 Å². The Labute approximate surface area is 114 Å². The molecule has 0 aliphatic carbocycles. The lowest BCUT2D eigenvalue weighted by atomic mass is 9.97. The second-order valence-electron chi connectivity index (χ2n) is 5.35. The average molecular weight is 255 g/mol. The van der Waals surface area contributed by atoms with Crippen LogP contribution in [0.15, 0.2) is 30.6 Å². The Balaban J connectivity index is 2.11. The molecule has 1 aromatic heterocycles. The van der Waals surface area contributed by atoms with Gasteiger partial charge in [0.1, 0.15) is 0 Å². The van der Waals surface area contributed by atoms with Crippen LogP contribution in [0.25, 0.3) is 10.8 Å². The molecule has 0 radical (unpaired) electrons. The number of hydrogen-bond donors (Lipinski definition) is 1. The maximum Gasteiger partial charge on any atom is 0.0465 e. The Morgan fingerprint density at radius 2 is 2.16 bits per heavy atom. The van der Waals surface area contributed by atoms with Crippen molar-refractivity contribution in [3.8, 4) is 0 Å². The molecule has 2 heterocycles. The Morgan fingerprint density at radius 3 is 3.00 bits per heavy atom. The third-order valence-electron chi connectivity index (χ3n) is 4.24. The molecule has 1 unspecified atom stereocenters. The molecule has 1 atom stereocenters. The summed E-state index contributed by atoms with van der Waals surface area (Å²) in [6, 6.07) is 6.85. The SMILES string of the molecule is CCC1CCCCN1c1ccc(N)c2ccncc12. The van der Waals surface area contributed by atoms with E-state index in [1.807, 2.05) is 24.5 Å². The third-order valence-corrected chi connectivity index (χ3v) is 4.24. The van der Waals surface area contributed by atoms with E-state index in [0.29, 0.717) is 6.04 Å². The van der Waals surface area contributed by atoms with Crippen LogP contribution < -0.4 is 10.6 Å². The van der Waals surface area contributed by atoms with Gasteiger partial charge in [-0.2, -0.15) is 0 Å². The van der Waals surface area contributed by atoms with Gasteiger partial charge < -0.3 is 10.6 Å². The third kappa shape index (κ3) is 2.14. The highest BCUT2D eigenvalue weighted by Gasteiger charge is 2.22. The quantitative estimate of drug-likeness (QED) is 0.834. The number of nitrogen functional groups attached to an aromatic ring is 1. The summed E-state index contributed by atoms with van der Waals surface area (Å²) in [6.45, 7) is 3.42. The highest BCUT2D eigenvalue weighted by molar-refractivity contribution is 6.00. The van der Waals surface area contributed by atoms with Gasteiger partial charge in [-0.25, -0.2) is 0 Å². The molecule has 1 fully saturated rings. The van der Waals surface area contributed by atoms with Crippen molar-refractivity contribution in [1.29, 1.82) is 0 Å². The van der Waals surface area contributed by atoms with Gasteiger partial charge in [0.15, 0.2) is 0 Å². The largest absolute Gasteiger partial charge is 0.398 e. The number of nitrogens with zero attached hydrogens (tertiary/aromatic N) is 2. The van der Waals surface area contributed by atoms with E-state index in [1.54, 1.807) is 0 Å². The van der Waals surface area contributed by atoms with Crippen molar-refractivity contribution in [2.45, 2.75) is 38.6 Å². The lowest BCUT2D eigenvalue weighted by Gasteiger charge is -2.38. The lowest BCUT2D eigenvalue weighted by molar-refractivity contribution is 0.451. The first-order valence-corrected chi connectivity index (χ1v) is 7.20. The Bertz CT molecular complexity index is 579. The summed E-state index contributed by atoms with van der Waals surface area (Å²) in [5.74, 6) is 0. The molecular weight excluding hydrogens is 234 g/mol. The van der Waals surface area contributed by atoms with Crippen molar-refractivity contribution < 1.29 is 0 Å². The molecule has 0 spiro atoms. The van der Waals surface area contributed by atoms with Gasteiger partial charge in [0.25, 0.3) is 0 Å². The van der Waals surface area contributed by atoms with Crippen LogP contribution in [-0.2, 0) is 0 Å². The number of benzene rings is 1. The van der Waals surface area contributed by atoms with Crippen LogP contribution in [-0.4, -0.2) is 17.6 Å². The maximum absolute atomic E-state index is 6.08. The molecular formula is C16H21N3. The Kier molecular flexibility index (Phi) is 3.28. The molecule has 0 amide bonds. The van der Waals surface area contributed by atoms with E-state index in [1.165, 1.54) is 36.8 Å². The fraction of sp³-hybridized carbons (Fsp3) is 0.438. The van der Waals surface area contributed by atoms with Gasteiger partial charge in [-0.1, -0.05) is 6.92 Å². The first-order chi connectivity index (χ1) is 9.31. The zero-order valence-corrected chi connectivity index (χ0v) is 11.5. The zero-order chi connectivity index (χ0) is 13.2. The van der Waals surface area contributed by atoms with E-state index < -0.39 is 0 Å². The van der Waals surface area contributed by atoms with Crippen LogP contribution in [0.1, 0.15) is 32.6 Å². The summed E-state index contributed by atoms with van der Waals surface area (Å²) in [7, 11) is 0. The molecule has 1 aromatic carbocycles. The summed E-state index contributed by atoms with van der Waals surface area (Å²) in [6.07, 6.45) is 8.88. The molecule has 19 heavy (non-hydrogen) atoms. The van der Waals surface area contributed by atoms with Crippen LogP contribution >= 0.6 is 0 Å². The number of pyridine rings is 1. The van der Waals surface area contributed by atoms with Gasteiger partial charge >= 0.3 is 0 Å². The summed E-state index contributed by atoms with van der Waals surface area (Å²) in [5, 5.41) is 2.30. The van der Waals surface area contributed by atoms with Crippen LogP contribution in [0.5, 0.6) is 0 Å². The van der Waals surface area contributed by atoms with Crippen molar-refractivity contribution in [3.05, 3.63) is 30.6 Å². The van der Waals surface area contributed by atoms with Crippen molar-refractivity contribution in [2.75, 3.05) is 17.2 Å². The van der Waals surface area contributed by atoms with Crippen LogP contribution in [0, 0.1) is 0 Å². The van der Waals surface area contributed by atoms with E-state index in [-0.39, 0.29) is 0 Å². The van der Waals surface area contributed by atoms with E-state index in [2.05, 4.69) is 22.9 Å². The van der Waals surface area contributed by atoms with E-state index in [9.17, 15) is 0 Å². The minimum atomic E-state index is 0.654. The number of nitrogens with two attached hydrogens (primary N) is 1. The summed E-state index contributed by atoms with van der Waals surface area (Å²) in [5.41, 5.74) is 8.21. The number of hydrogen-bond acceptors (Lipinski definition) is 3. The molecule has 0 saturated carbocycles. The fourth-order valence-corrected chi connectivity index (χ4v) is 3.19. The second-order valence-corrected chi connectivity index (χ2v) is 5.35. The van der Waals surface area contributed by atoms with Gasteiger partial charge in [0, 0.05) is 47.1 Å². The maximum atomic E-state index is 6.08. The van der Waals surface area contributed by atoms with E-state index >= 15 is 0 Å². The number of rotatable bonds is 2. The highest BCUT2D eigenvalue weighted by Crippen LogP contribution is 2.34. The van der Waals surface area contributed by atoms with Crippen molar-refractivity contribution in [2.24, 2.45) is 0 Å². The average Bonchev–Trinajstić information content (AvgIpc) is 2.48. The Hall–Kier alpha value is -1.77. The molecule has 2 N–H and O–H groups in total. The molecule has 3 rings (SSSR count). The normalized spacial score (nSPS) is 19.8. The minimum absolute atomic E-state index is 0.654. The van der Waals surface area contributed by atoms with Crippen LogP contribution in [0.4, 0.5) is 11.4 Å². The number of piperidine rings is 1. The van der Waals surface area contributed by atoms with Crippen LogP contribution in [0.3, 0.4) is 0 Å². The van der Waals surface area contributed by atoms with E-state index in [4.69, 9.17) is 5.73 Å². The lowest BCUT2D eigenvalue weighted by Crippen LogP contribution is -2.39. The van der Waals surface area contributed by atoms with Crippen LogP contribution in [0.2, 0.25) is 0 Å². The predicted molar refractivity (Wildman–Crippen MR) is 81.4 cm³/mol. The monoisotopic (exact) mass is 255 g/mol. The summed E-state index contributed by atoms with van der Waals surface area (Å²) < 4.78 is 0. The fourth-order valence-electron chi connectivity index (χ4n) is 3.19. The van der Waals surface area contributed by atoms with Gasteiger partial charge in [-0.15, -0.1) is 0 Å². The molecule has 1 aliphatic heterocycles. The topological polar surface area (TPSA) is 42.1 Å². The second kappa shape index (κ2) is 5.08. The van der Waals surface area contributed by atoms with Gasteiger partial charge in [0.05, 0.1) is 0 Å². The minimum Gasteiger partial charge on any atom is -0.398 e. The van der Waals surface area contributed by atoms with Gasteiger partial charge in [0.2, 0.25) is 0 Å². The molecule has 1 saturated heterocycles. The predicted octanol–water partition coefficient (Wildman–Crippen LogP) is 3.59. The summed E-state index contributed by atoms with van der Waals surface area (Å²) in [4.78, 5) is 6.83. The molecule has 3 heteroatoms. The van der Waals surface area contributed by atoms with E-state index in [0.717, 1.165) is 17.6 Å². The standard InChI is InChI=1S/C16H21N3/c1-2-12-5-3-4-10-19(12)16-7-6-15(17)13-8-9-18-11-14(13)16/h6-9,11-12H,2-5,10,17H2,1H3. The zero-order valence-electron chi connectivity index (χ0n) is 11.5. The first kappa shape index (κ1) is 12.3. The van der Waals surface area contributed by atoms with Crippen molar-refractivity contribution in [3.63, 3.8) is 0 Å². The highest BCUT2D eigenvalue weighted by atomic mass is 15.2. The summed E-state index contributed by atoms with van der Waals surface area (Å²) >= 11 is 0. The van der Waals surface area contributed by atoms with Gasteiger partial charge in [-0.05, 0) is 43.9 Å². The smallest absolute Gasteiger partial charge is 0.0465 e. The van der Waals surface area contributed by atoms with Crippen molar-refractivity contribution in [1.82, 2.24) is 4.98 Å². The molecule has 0 bridgehead atoms.